The quantitative estimate of drug-likeness (QED) is 0.293. The summed E-state index contributed by atoms with van der Waals surface area (Å²) in [5.41, 5.74) is 5.69. The maximum atomic E-state index is 6.19. The van der Waals surface area contributed by atoms with Gasteiger partial charge >= 0.3 is 150 Å². The minimum atomic E-state index is 0.190. The second-order valence-electron chi connectivity index (χ2n) is 5.59. The normalized spacial score (nSPS) is 16.8. The van der Waals surface area contributed by atoms with E-state index in [4.69, 9.17) is 17.3 Å². The molecule has 0 aromatic carbocycles. The van der Waals surface area contributed by atoms with E-state index in [1.807, 2.05) is 0 Å². The van der Waals surface area contributed by atoms with Crippen molar-refractivity contribution in [1.82, 2.24) is 5.32 Å². The van der Waals surface area contributed by atoms with Crippen LogP contribution in [-0.4, -0.2) is 31.4 Å². The minimum absolute atomic E-state index is 0.190. The van der Waals surface area contributed by atoms with Crippen LogP contribution in [0.2, 0.25) is 0 Å². The number of hydrogen-bond acceptors (Lipinski definition) is 2. The number of hydrogen-bond donors (Lipinski definition) is 2. The predicted octanol–water partition coefficient (Wildman–Crippen LogP) is 0.455. The molecule has 0 amide bonds. The topological polar surface area (TPSA) is 38.0 Å². The van der Waals surface area contributed by atoms with Crippen molar-refractivity contribution < 1.29 is 21.2 Å². The Labute approximate surface area is 148 Å². The summed E-state index contributed by atoms with van der Waals surface area (Å²) in [5.74, 6) is 1.50. The number of halogens is 3. The van der Waals surface area contributed by atoms with Crippen LogP contribution in [0.4, 0.5) is 0 Å². The van der Waals surface area contributed by atoms with Crippen LogP contribution in [-0.2, 0) is 0 Å². The summed E-state index contributed by atoms with van der Waals surface area (Å²) in [6.45, 7) is 8.82. The molecule has 0 heterocycles. The third-order valence-electron chi connectivity index (χ3n) is 3.02. The van der Waals surface area contributed by atoms with E-state index in [1.165, 1.54) is 17.3 Å². The molecule has 0 aromatic heterocycles. The monoisotopic (exact) mass is 515 g/mol. The van der Waals surface area contributed by atoms with Gasteiger partial charge in [-0.2, -0.15) is 0 Å². The third kappa shape index (κ3) is 13.1. The van der Waals surface area contributed by atoms with Gasteiger partial charge in [0.25, 0.3) is 0 Å². The molecule has 0 aliphatic carbocycles. The van der Waals surface area contributed by atoms with Crippen LogP contribution >= 0.6 is 34.2 Å². The van der Waals surface area contributed by atoms with E-state index >= 15 is 0 Å². The van der Waals surface area contributed by atoms with E-state index in [2.05, 4.69) is 48.7 Å². The molecule has 0 aromatic rings. The van der Waals surface area contributed by atoms with Gasteiger partial charge in [0.15, 0.2) is 0 Å². The average Bonchev–Trinajstić information content (AvgIpc) is 2.35. The Bertz CT molecular complexity index is 206. The Morgan fingerprint density at radius 3 is 2.47 bits per heavy atom. The Morgan fingerprint density at radius 1 is 1.26 bits per heavy atom. The molecule has 0 bridgehead atoms. The molecule has 5 heteroatoms. The Balaban J connectivity index is 3.75. The molecule has 0 spiro atoms. The molecule has 0 unspecified atom stereocenters. The van der Waals surface area contributed by atoms with Crippen molar-refractivity contribution in [2.45, 2.75) is 49.5 Å². The maximum absolute atomic E-state index is 6.19. The fourth-order valence-corrected chi connectivity index (χ4v) is 6.42. The fraction of sp³-hybridized carbons (Fsp3) is 1.00. The molecule has 19 heavy (non-hydrogen) atoms. The third-order valence-corrected chi connectivity index (χ3v) is 9.69. The summed E-state index contributed by atoms with van der Waals surface area (Å²) in [5, 5.41) is 3.70. The van der Waals surface area contributed by atoms with Gasteiger partial charge in [0.05, 0.1) is 0 Å². The molecule has 2 nitrogen and oxygen atoms in total. The van der Waals surface area contributed by atoms with Crippen LogP contribution in [0.15, 0.2) is 0 Å². The molecule has 0 aliphatic rings. The summed E-state index contributed by atoms with van der Waals surface area (Å²) < 4.78 is 2.92. The average molecular weight is 516 g/mol. The van der Waals surface area contributed by atoms with Crippen molar-refractivity contribution in [3.63, 3.8) is 0 Å². The van der Waals surface area contributed by atoms with Gasteiger partial charge in [-0.05, 0) is 0 Å². The van der Waals surface area contributed by atoms with Gasteiger partial charge in [-0.1, -0.05) is 0 Å². The van der Waals surface area contributed by atoms with Crippen LogP contribution in [0.5, 0.6) is 0 Å². The zero-order valence-electron chi connectivity index (χ0n) is 12.5. The Morgan fingerprint density at radius 2 is 1.95 bits per heavy atom. The van der Waals surface area contributed by atoms with Gasteiger partial charge < -0.3 is 0 Å². The second kappa shape index (κ2) is 13.3. The van der Waals surface area contributed by atoms with Crippen LogP contribution < -0.4 is 32.3 Å². The van der Waals surface area contributed by atoms with Crippen molar-refractivity contribution in [3.05, 3.63) is 0 Å². The molecule has 0 rings (SSSR count). The summed E-state index contributed by atoms with van der Waals surface area (Å²) in [6, 6.07) is 0.595. The first-order chi connectivity index (χ1) is 8.99. The van der Waals surface area contributed by atoms with Gasteiger partial charge in [-0.15, -0.1) is 0 Å². The van der Waals surface area contributed by atoms with E-state index in [9.17, 15) is 0 Å². The Hall–Kier alpha value is 1.67. The second-order valence-corrected chi connectivity index (χ2v) is 11.2. The standard InChI is InChI=1S/C14H30ClI2N2/c1-11(2)8-13(5-7-18)19-10-12(3)4-6-17-14(15)9-16/h11-14,19H,4-10,18H2,1-3H3/q-1/t12-,13+,14-/m0/s1. The van der Waals surface area contributed by atoms with Gasteiger partial charge in [0, 0.05) is 0 Å². The van der Waals surface area contributed by atoms with Crippen molar-refractivity contribution in [2.24, 2.45) is 17.6 Å². The van der Waals surface area contributed by atoms with E-state index in [1.54, 1.807) is 0 Å². The zero-order chi connectivity index (χ0) is 14.7. The van der Waals surface area contributed by atoms with Crippen molar-refractivity contribution >= 4 is 34.2 Å². The molecule has 0 aliphatic heterocycles. The van der Waals surface area contributed by atoms with Gasteiger partial charge in [0.2, 0.25) is 0 Å². The summed E-state index contributed by atoms with van der Waals surface area (Å²) in [6.07, 6.45) is 3.64. The molecule has 3 N–H and O–H groups in total. The summed E-state index contributed by atoms with van der Waals surface area (Å²) in [7, 11) is 0. The number of nitrogens with one attached hydrogen (secondary N) is 1. The SMILES string of the molecule is CC(C)C[C@@H](CCN)NC[C@@H](C)CC[I-][C@H](Cl)CI. The predicted molar refractivity (Wildman–Crippen MR) is 92.1 cm³/mol. The molecule has 3 atom stereocenters. The van der Waals surface area contributed by atoms with Gasteiger partial charge in [-0.3, -0.25) is 0 Å². The molecule has 0 radical (unpaired) electrons. The zero-order valence-corrected chi connectivity index (χ0v) is 17.5. The van der Waals surface area contributed by atoms with E-state index in [-0.39, 0.29) is 21.2 Å². The van der Waals surface area contributed by atoms with Crippen molar-refractivity contribution in [3.8, 4) is 0 Å². The summed E-state index contributed by atoms with van der Waals surface area (Å²) >= 11 is 8.76. The first-order valence-corrected chi connectivity index (χ1v) is 11.9. The van der Waals surface area contributed by atoms with E-state index < -0.39 is 0 Å². The van der Waals surface area contributed by atoms with E-state index in [0.29, 0.717) is 9.43 Å². The first-order valence-electron chi connectivity index (χ1n) is 7.20. The molecular formula is C14H30ClI2N2-. The van der Waals surface area contributed by atoms with Gasteiger partial charge in [0.1, 0.15) is 0 Å². The summed E-state index contributed by atoms with van der Waals surface area (Å²) in [4.78, 5) is 0. The first kappa shape index (κ1) is 20.7. The molecule has 118 valence electrons. The molecule has 0 saturated heterocycles. The number of nitrogens with two attached hydrogens (primary N) is 1. The molecule has 0 saturated carbocycles. The van der Waals surface area contributed by atoms with Gasteiger partial charge in [-0.25, -0.2) is 0 Å². The number of rotatable bonds is 12. The number of alkyl halides is 4. The van der Waals surface area contributed by atoms with Crippen LogP contribution in [0.25, 0.3) is 0 Å². The van der Waals surface area contributed by atoms with Crippen LogP contribution in [0.3, 0.4) is 0 Å². The van der Waals surface area contributed by atoms with Crippen LogP contribution in [0, 0.1) is 11.8 Å². The van der Waals surface area contributed by atoms with Crippen molar-refractivity contribution in [2.75, 3.05) is 21.9 Å². The molecular weight excluding hydrogens is 485 g/mol. The molecule has 0 fully saturated rings. The van der Waals surface area contributed by atoms with E-state index in [0.717, 1.165) is 35.8 Å². The van der Waals surface area contributed by atoms with Crippen molar-refractivity contribution in [1.29, 1.82) is 0 Å². The fourth-order valence-electron chi connectivity index (χ4n) is 1.95. The Kier molecular flexibility index (Phi) is 14.5. The van der Waals surface area contributed by atoms with Crippen LogP contribution in [0.1, 0.15) is 40.0 Å².